The third-order valence-corrected chi connectivity index (χ3v) is 2.85. The Morgan fingerprint density at radius 3 is 2.00 bits per heavy atom. The van der Waals surface area contributed by atoms with Crippen LogP contribution in [0, 0.1) is 0 Å². The Balaban J connectivity index is 1.91. The molecule has 0 aliphatic carbocycles. The Hall–Kier alpha value is -2.12. The smallest absolute Gasteiger partial charge is 0.407 e. The summed E-state index contributed by atoms with van der Waals surface area (Å²) in [6.45, 7) is 7.88. The zero-order valence-electron chi connectivity index (χ0n) is 15.2. The number of nitrogens with one attached hydrogen (secondary N) is 2. The zero-order chi connectivity index (χ0) is 18.5. The predicted molar refractivity (Wildman–Crippen MR) is 94.6 cm³/mol. The maximum atomic E-state index is 11.8. The summed E-state index contributed by atoms with van der Waals surface area (Å²) in [5.41, 5.74) is 0.123. The molecule has 7 heteroatoms. The van der Waals surface area contributed by atoms with E-state index in [-0.39, 0.29) is 5.91 Å². The highest BCUT2D eigenvalue weighted by Crippen LogP contribution is 2.06. The monoisotopic (exact) mass is 352 g/mol. The number of hydrogen-bond acceptors (Lipinski definition) is 5. The average molecular weight is 352 g/mol. The van der Waals surface area contributed by atoms with E-state index in [0.29, 0.717) is 45.1 Å². The molecule has 25 heavy (non-hydrogen) atoms. The Labute approximate surface area is 149 Å². The van der Waals surface area contributed by atoms with Crippen LogP contribution in [0.1, 0.15) is 31.1 Å². The Morgan fingerprint density at radius 1 is 0.880 bits per heavy atom. The molecule has 0 atom stereocenters. The number of hydrogen-bond donors (Lipinski definition) is 2. The molecule has 0 unspecified atom stereocenters. The standard InChI is InChI=1S/C18H28N2O5/c1-18(2,3)25-17(22)20-10-12-24-14-13-23-11-9-19-16(21)15-7-5-4-6-8-15/h4-8H,9-14H2,1-3H3,(H,19,21)(H,20,22). The van der Waals surface area contributed by atoms with Gasteiger partial charge in [-0.15, -0.1) is 0 Å². The van der Waals surface area contributed by atoms with Crippen molar-refractivity contribution < 1.29 is 23.8 Å². The predicted octanol–water partition coefficient (Wildman–Crippen LogP) is 1.97. The van der Waals surface area contributed by atoms with E-state index >= 15 is 0 Å². The molecule has 1 aromatic rings. The lowest BCUT2D eigenvalue weighted by molar-refractivity contribution is 0.0400. The van der Waals surface area contributed by atoms with Gasteiger partial charge >= 0.3 is 6.09 Å². The van der Waals surface area contributed by atoms with Crippen LogP contribution in [-0.2, 0) is 14.2 Å². The van der Waals surface area contributed by atoms with E-state index in [1.807, 2.05) is 39.0 Å². The lowest BCUT2D eigenvalue weighted by Crippen LogP contribution is -2.34. The quantitative estimate of drug-likeness (QED) is 0.629. The fourth-order valence-corrected chi connectivity index (χ4v) is 1.79. The third-order valence-electron chi connectivity index (χ3n) is 2.85. The molecule has 0 aliphatic heterocycles. The van der Waals surface area contributed by atoms with E-state index < -0.39 is 11.7 Å². The second-order valence-electron chi connectivity index (χ2n) is 6.28. The van der Waals surface area contributed by atoms with Crippen molar-refractivity contribution in [3.63, 3.8) is 0 Å². The van der Waals surface area contributed by atoms with Gasteiger partial charge < -0.3 is 24.8 Å². The van der Waals surface area contributed by atoms with Crippen LogP contribution in [0.4, 0.5) is 4.79 Å². The number of amides is 2. The van der Waals surface area contributed by atoms with Gasteiger partial charge in [-0.2, -0.15) is 0 Å². The van der Waals surface area contributed by atoms with Crippen LogP contribution < -0.4 is 10.6 Å². The van der Waals surface area contributed by atoms with E-state index in [4.69, 9.17) is 14.2 Å². The highest BCUT2D eigenvalue weighted by molar-refractivity contribution is 5.94. The van der Waals surface area contributed by atoms with Gasteiger partial charge in [0.15, 0.2) is 0 Å². The van der Waals surface area contributed by atoms with Crippen LogP contribution >= 0.6 is 0 Å². The van der Waals surface area contributed by atoms with Gasteiger partial charge in [0.25, 0.3) is 5.91 Å². The van der Waals surface area contributed by atoms with Crippen molar-refractivity contribution in [3.8, 4) is 0 Å². The van der Waals surface area contributed by atoms with Gasteiger partial charge in [-0.05, 0) is 32.9 Å². The molecule has 7 nitrogen and oxygen atoms in total. The lowest BCUT2D eigenvalue weighted by atomic mass is 10.2. The van der Waals surface area contributed by atoms with Crippen LogP contribution in [0.25, 0.3) is 0 Å². The van der Waals surface area contributed by atoms with E-state index in [0.717, 1.165) is 0 Å². The first-order valence-electron chi connectivity index (χ1n) is 8.34. The highest BCUT2D eigenvalue weighted by Gasteiger charge is 2.15. The highest BCUT2D eigenvalue weighted by atomic mass is 16.6. The lowest BCUT2D eigenvalue weighted by Gasteiger charge is -2.19. The van der Waals surface area contributed by atoms with Crippen molar-refractivity contribution in [1.82, 2.24) is 10.6 Å². The van der Waals surface area contributed by atoms with E-state index in [9.17, 15) is 9.59 Å². The van der Waals surface area contributed by atoms with Crippen LogP contribution in [-0.4, -0.2) is 57.1 Å². The molecule has 140 valence electrons. The van der Waals surface area contributed by atoms with Gasteiger partial charge in [0.05, 0.1) is 26.4 Å². The number of carbonyl (C=O) groups excluding carboxylic acids is 2. The Bertz CT molecular complexity index is 514. The first-order chi connectivity index (χ1) is 11.9. The van der Waals surface area contributed by atoms with Gasteiger partial charge in [-0.25, -0.2) is 4.79 Å². The van der Waals surface area contributed by atoms with E-state index in [1.54, 1.807) is 12.1 Å². The summed E-state index contributed by atoms with van der Waals surface area (Å²) in [5, 5.41) is 5.38. The average Bonchev–Trinajstić information content (AvgIpc) is 2.55. The Morgan fingerprint density at radius 2 is 1.44 bits per heavy atom. The van der Waals surface area contributed by atoms with Crippen molar-refractivity contribution >= 4 is 12.0 Å². The van der Waals surface area contributed by atoms with Crippen molar-refractivity contribution in [1.29, 1.82) is 0 Å². The number of alkyl carbamates (subject to hydrolysis) is 1. The van der Waals surface area contributed by atoms with Gasteiger partial charge in [0.1, 0.15) is 5.60 Å². The topological polar surface area (TPSA) is 85.9 Å². The molecule has 0 fully saturated rings. The largest absolute Gasteiger partial charge is 0.444 e. The van der Waals surface area contributed by atoms with E-state index in [1.165, 1.54) is 0 Å². The molecular weight excluding hydrogens is 324 g/mol. The first-order valence-corrected chi connectivity index (χ1v) is 8.34. The molecule has 0 radical (unpaired) electrons. The molecule has 0 bridgehead atoms. The number of carbonyl (C=O) groups is 2. The molecule has 0 saturated heterocycles. The maximum absolute atomic E-state index is 11.8. The van der Waals surface area contributed by atoms with Crippen LogP contribution in [0.3, 0.4) is 0 Å². The van der Waals surface area contributed by atoms with Crippen molar-refractivity contribution in [2.24, 2.45) is 0 Å². The summed E-state index contributed by atoms with van der Waals surface area (Å²) < 4.78 is 15.8. The van der Waals surface area contributed by atoms with Crippen LogP contribution in [0.15, 0.2) is 30.3 Å². The summed E-state index contributed by atoms with van der Waals surface area (Å²) in [7, 11) is 0. The zero-order valence-corrected chi connectivity index (χ0v) is 15.2. The summed E-state index contributed by atoms with van der Waals surface area (Å²) in [6.07, 6.45) is -0.457. The normalized spacial score (nSPS) is 11.0. The van der Waals surface area contributed by atoms with Gasteiger partial charge in [-0.3, -0.25) is 4.79 Å². The third kappa shape index (κ3) is 11.1. The summed E-state index contributed by atoms with van der Waals surface area (Å²) in [6, 6.07) is 9.02. The number of ether oxygens (including phenoxy) is 3. The molecule has 1 aromatic carbocycles. The molecule has 0 spiro atoms. The minimum Gasteiger partial charge on any atom is -0.444 e. The summed E-state index contributed by atoms with van der Waals surface area (Å²) in [4.78, 5) is 23.1. The first kappa shape index (κ1) is 20.9. The molecule has 1 rings (SSSR count). The van der Waals surface area contributed by atoms with Crippen LogP contribution in [0.5, 0.6) is 0 Å². The molecular formula is C18H28N2O5. The fourth-order valence-electron chi connectivity index (χ4n) is 1.79. The summed E-state index contributed by atoms with van der Waals surface area (Å²) in [5.74, 6) is -0.117. The molecule has 2 amide bonds. The summed E-state index contributed by atoms with van der Waals surface area (Å²) >= 11 is 0. The Kier molecular flexibility index (Phi) is 9.57. The molecule has 0 heterocycles. The molecule has 0 saturated carbocycles. The second kappa shape index (κ2) is 11.4. The second-order valence-corrected chi connectivity index (χ2v) is 6.28. The maximum Gasteiger partial charge on any atom is 0.407 e. The van der Waals surface area contributed by atoms with Gasteiger partial charge in [0.2, 0.25) is 0 Å². The number of benzene rings is 1. The SMILES string of the molecule is CC(C)(C)OC(=O)NCCOCCOCCNC(=O)c1ccccc1. The molecule has 0 aliphatic rings. The molecule has 0 aromatic heterocycles. The minimum atomic E-state index is -0.505. The number of rotatable bonds is 10. The van der Waals surface area contributed by atoms with Crippen LogP contribution in [0.2, 0.25) is 0 Å². The van der Waals surface area contributed by atoms with Crippen molar-refractivity contribution in [3.05, 3.63) is 35.9 Å². The van der Waals surface area contributed by atoms with Crippen molar-refractivity contribution in [2.45, 2.75) is 26.4 Å². The van der Waals surface area contributed by atoms with E-state index in [2.05, 4.69) is 10.6 Å². The van der Waals surface area contributed by atoms with Crippen molar-refractivity contribution in [2.75, 3.05) is 39.5 Å². The van der Waals surface area contributed by atoms with Gasteiger partial charge in [-0.1, -0.05) is 18.2 Å². The fraction of sp³-hybridized carbons (Fsp3) is 0.556. The molecule has 2 N–H and O–H groups in total. The minimum absolute atomic E-state index is 0.117. The van der Waals surface area contributed by atoms with Gasteiger partial charge in [0, 0.05) is 18.7 Å².